The molecule has 0 N–H and O–H groups in total. The predicted molar refractivity (Wildman–Crippen MR) is 91.8 cm³/mol. The third kappa shape index (κ3) is 3.55. The van der Waals surface area contributed by atoms with E-state index < -0.39 is 11.6 Å². The molecule has 1 fully saturated rings. The molecule has 3 aromatic rings. The lowest BCUT2D eigenvalue weighted by Gasteiger charge is -2.31. The molecule has 0 aliphatic carbocycles. The summed E-state index contributed by atoms with van der Waals surface area (Å²) in [7, 11) is 0. The van der Waals surface area contributed by atoms with Crippen LogP contribution in [0.4, 0.5) is 8.78 Å². The Morgan fingerprint density at radius 2 is 1.96 bits per heavy atom. The molecule has 0 saturated carbocycles. The first-order valence-corrected chi connectivity index (χ1v) is 8.60. The van der Waals surface area contributed by atoms with E-state index in [0.717, 1.165) is 30.5 Å². The second-order valence-electron chi connectivity index (χ2n) is 6.41. The number of hydrogen-bond acceptors (Lipinski definition) is 5. The molecule has 1 atom stereocenters. The number of carbonyl (C=O) groups is 1. The monoisotopic (exact) mass is 370 g/mol. The largest absolute Gasteiger partial charge is 0.338 e. The van der Waals surface area contributed by atoms with Crippen molar-refractivity contribution in [1.29, 1.82) is 0 Å². The number of aromatic nitrogens is 3. The zero-order chi connectivity index (χ0) is 18.8. The number of amides is 1. The SMILES string of the molecule is O=C(c1ccc(F)c(F)c1)N1CCCC(c2noc(-c3ccncc3)n2)C1. The highest BCUT2D eigenvalue weighted by atomic mass is 19.2. The fourth-order valence-corrected chi connectivity index (χ4v) is 3.20. The Bertz CT molecular complexity index is 961. The Labute approximate surface area is 153 Å². The molecule has 0 spiro atoms. The molecular formula is C19H16F2N4O2. The number of carbonyl (C=O) groups excluding carboxylic acids is 1. The molecule has 1 unspecified atom stereocenters. The summed E-state index contributed by atoms with van der Waals surface area (Å²) >= 11 is 0. The van der Waals surface area contributed by atoms with Crippen molar-refractivity contribution in [3.63, 3.8) is 0 Å². The Morgan fingerprint density at radius 3 is 2.74 bits per heavy atom. The fourth-order valence-electron chi connectivity index (χ4n) is 3.20. The van der Waals surface area contributed by atoms with Gasteiger partial charge in [0.15, 0.2) is 17.5 Å². The number of piperidine rings is 1. The molecule has 6 nitrogen and oxygen atoms in total. The van der Waals surface area contributed by atoms with Gasteiger partial charge in [0, 0.05) is 42.5 Å². The van der Waals surface area contributed by atoms with Gasteiger partial charge in [0.25, 0.3) is 11.8 Å². The minimum Gasteiger partial charge on any atom is -0.338 e. The van der Waals surface area contributed by atoms with Crippen LogP contribution in [0.5, 0.6) is 0 Å². The normalized spacial score (nSPS) is 17.1. The summed E-state index contributed by atoms with van der Waals surface area (Å²) in [4.78, 5) is 22.6. The van der Waals surface area contributed by atoms with E-state index in [4.69, 9.17) is 4.52 Å². The van der Waals surface area contributed by atoms with Crippen LogP contribution < -0.4 is 0 Å². The van der Waals surface area contributed by atoms with Gasteiger partial charge in [-0.2, -0.15) is 4.98 Å². The van der Waals surface area contributed by atoms with E-state index in [1.807, 2.05) is 0 Å². The summed E-state index contributed by atoms with van der Waals surface area (Å²) in [6.07, 6.45) is 4.86. The van der Waals surface area contributed by atoms with Crippen LogP contribution in [0, 0.1) is 11.6 Å². The Hall–Kier alpha value is -3.16. The number of hydrogen-bond donors (Lipinski definition) is 0. The maximum Gasteiger partial charge on any atom is 0.258 e. The van der Waals surface area contributed by atoms with Crippen LogP contribution in [0.2, 0.25) is 0 Å². The molecule has 1 amide bonds. The number of likely N-dealkylation sites (tertiary alicyclic amines) is 1. The van der Waals surface area contributed by atoms with Gasteiger partial charge in [0.2, 0.25) is 0 Å². The highest BCUT2D eigenvalue weighted by Gasteiger charge is 2.29. The van der Waals surface area contributed by atoms with Crippen molar-refractivity contribution < 1.29 is 18.1 Å². The van der Waals surface area contributed by atoms with Crippen LogP contribution in [0.3, 0.4) is 0 Å². The van der Waals surface area contributed by atoms with E-state index in [-0.39, 0.29) is 17.4 Å². The molecule has 4 rings (SSSR count). The van der Waals surface area contributed by atoms with Gasteiger partial charge in [-0.3, -0.25) is 9.78 Å². The van der Waals surface area contributed by atoms with Gasteiger partial charge in [-0.15, -0.1) is 0 Å². The van der Waals surface area contributed by atoms with Gasteiger partial charge in [-0.25, -0.2) is 8.78 Å². The van der Waals surface area contributed by atoms with E-state index in [1.165, 1.54) is 6.07 Å². The fraction of sp³-hybridized carbons (Fsp3) is 0.263. The average Bonchev–Trinajstić information content (AvgIpc) is 3.21. The van der Waals surface area contributed by atoms with E-state index in [2.05, 4.69) is 15.1 Å². The molecule has 1 aromatic carbocycles. The molecule has 3 heterocycles. The van der Waals surface area contributed by atoms with Gasteiger partial charge >= 0.3 is 0 Å². The third-order valence-electron chi connectivity index (χ3n) is 4.61. The summed E-state index contributed by atoms with van der Waals surface area (Å²) in [6, 6.07) is 6.73. The number of pyridine rings is 1. The molecule has 0 bridgehead atoms. The van der Waals surface area contributed by atoms with Crippen molar-refractivity contribution in [2.24, 2.45) is 0 Å². The van der Waals surface area contributed by atoms with Gasteiger partial charge in [0.1, 0.15) is 0 Å². The van der Waals surface area contributed by atoms with Gasteiger partial charge in [0.05, 0.1) is 0 Å². The molecular weight excluding hydrogens is 354 g/mol. The first-order chi connectivity index (χ1) is 13.1. The first-order valence-electron chi connectivity index (χ1n) is 8.60. The van der Waals surface area contributed by atoms with E-state index >= 15 is 0 Å². The molecule has 1 aliphatic heterocycles. The summed E-state index contributed by atoms with van der Waals surface area (Å²) in [6.45, 7) is 0.941. The summed E-state index contributed by atoms with van der Waals surface area (Å²) in [5.74, 6) is -1.49. The maximum atomic E-state index is 13.4. The summed E-state index contributed by atoms with van der Waals surface area (Å²) in [5.41, 5.74) is 0.898. The van der Waals surface area contributed by atoms with Gasteiger partial charge in [-0.05, 0) is 43.2 Å². The number of nitrogens with zero attached hydrogens (tertiary/aromatic N) is 4. The Balaban J connectivity index is 1.50. The minimum atomic E-state index is -1.03. The summed E-state index contributed by atoms with van der Waals surface area (Å²) in [5, 5.41) is 4.05. The second kappa shape index (κ2) is 7.22. The van der Waals surface area contributed by atoms with E-state index in [0.29, 0.717) is 24.8 Å². The number of rotatable bonds is 3. The van der Waals surface area contributed by atoms with Gasteiger partial charge in [-0.1, -0.05) is 5.16 Å². The molecule has 8 heteroatoms. The predicted octanol–water partition coefficient (Wildman–Crippen LogP) is 3.43. The lowest BCUT2D eigenvalue weighted by Crippen LogP contribution is -2.39. The Kier molecular flexibility index (Phi) is 4.62. The molecule has 1 saturated heterocycles. The van der Waals surface area contributed by atoms with Crippen LogP contribution in [0.25, 0.3) is 11.5 Å². The van der Waals surface area contributed by atoms with E-state index in [1.54, 1.807) is 29.4 Å². The zero-order valence-corrected chi connectivity index (χ0v) is 14.3. The lowest BCUT2D eigenvalue weighted by molar-refractivity contribution is 0.0703. The van der Waals surface area contributed by atoms with Crippen LogP contribution in [-0.4, -0.2) is 39.0 Å². The van der Waals surface area contributed by atoms with Crippen molar-refractivity contribution in [3.05, 3.63) is 65.7 Å². The Morgan fingerprint density at radius 1 is 1.15 bits per heavy atom. The molecule has 0 radical (unpaired) electrons. The molecule has 27 heavy (non-hydrogen) atoms. The van der Waals surface area contributed by atoms with Crippen LogP contribution >= 0.6 is 0 Å². The minimum absolute atomic E-state index is 0.0765. The highest BCUT2D eigenvalue weighted by Crippen LogP contribution is 2.28. The van der Waals surface area contributed by atoms with Crippen molar-refractivity contribution in [2.75, 3.05) is 13.1 Å². The maximum absolute atomic E-state index is 13.4. The van der Waals surface area contributed by atoms with Gasteiger partial charge < -0.3 is 9.42 Å². The average molecular weight is 370 g/mol. The topological polar surface area (TPSA) is 72.1 Å². The zero-order valence-electron chi connectivity index (χ0n) is 14.3. The molecule has 138 valence electrons. The summed E-state index contributed by atoms with van der Waals surface area (Å²) < 4.78 is 31.9. The van der Waals surface area contributed by atoms with Crippen molar-refractivity contribution >= 4 is 5.91 Å². The lowest BCUT2D eigenvalue weighted by atomic mass is 9.96. The third-order valence-corrected chi connectivity index (χ3v) is 4.61. The van der Waals surface area contributed by atoms with Crippen LogP contribution in [0.15, 0.2) is 47.2 Å². The quantitative estimate of drug-likeness (QED) is 0.706. The standard InChI is InChI=1S/C19H16F2N4O2/c20-15-4-3-13(10-16(15)21)19(26)25-9-1-2-14(11-25)17-23-18(27-24-17)12-5-7-22-8-6-12/h3-8,10,14H,1-2,9,11H2. The molecule has 2 aromatic heterocycles. The van der Waals surface area contributed by atoms with Crippen molar-refractivity contribution in [2.45, 2.75) is 18.8 Å². The van der Waals surface area contributed by atoms with E-state index in [9.17, 15) is 13.6 Å². The number of halogens is 2. The molecule has 1 aliphatic rings. The van der Waals surface area contributed by atoms with Crippen molar-refractivity contribution in [1.82, 2.24) is 20.0 Å². The first kappa shape index (κ1) is 17.3. The van der Waals surface area contributed by atoms with Crippen molar-refractivity contribution in [3.8, 4) is 11.5 Å². The van der Waals surface area contributed by atoms with Crippen LogP contribution in [-0.2, 0) is 0 Å². The van der Waals surface area contributed by atoms with Crippen LogP contribution in [0.1, 0.15) is 34.9 Å². The number of benzene rings is 1. The highest BCUT2D eigenvalue weighted by molar-refractivity contribution is 5.94. The second-order valence-corrected chi connectivity index (χ2v) is 6.41. The smallest absolute Gasteiger partial charge is 0.258 e.